The van der Waals surface area contributed by atoms with Crippen LogP contribution in [-0.4, -0.2) is 44.2 Å². The van der Waals surface area contributed by atoms with Crippen LogP contribution in [0.1, 0.15) is 51.3 Å². The average molecular weight is 567 g/mol. The molecule has 0 spiro atoms. The largest absolute Gasteiger partial charge is 0.530 e. The number of nitrogens with two attached hydrogens (primary N) is 1. The summed E-state index contributed by atoms with van der Waals surface area (Å²) in [7, 11) is -3.41. The molecule has 3 N–H and O–H groups in total. The minimum absolute atomic E-state index is 0.234. The molecule has 0 heterocycles. The minimum Gasteiger partial charge on any atom is -0.530 e. The monoisotopic (exact) mass is 566 g/mol. The summed E-state index contributed by atoms with van der Waals surface area (Å²) in [6.07, 6.45) is 0.693. The van der Waals surface area contributed by atoms with Crippen LogP contribution in [0.4, 0.5) is 10.5 Å². The number of carboxylic acid groups (broad SMARTS) is 1. The number of hydrogen-bond donors (Lipinski definition) is 2. The van der Waals surface area contributed by atoms with Crippen molar-refractivity contribution in [3.05, 3.63) is 78.4 Å². The zero-order valence-corrected chi connectivity index (χ0v) is 23.8. The van der Waals surface area contributed by atoms with Gasteiger partial charge in [0.15, 0.2) is 15.9 Å². The first-order valence-corrected chi connectivity index (χ1v) is 15.1. The van der Waals surface area contributed by atoms with Crippen molar-refractivity contribution in [2.24, 2.45) is 5.73 Å². The van der Waals surface area contributed by atoms with E-state index < -0.39 is 28.2 Å². The number of unbranched alkanes of at least 4 members (excludes halogenated alkanes) is 1. The van der Waals surface area contributed by atoms with E-state index in [0.29, 0.717) is 47.4 Å². The van der Waals surface area contributed by atoms with Crippen molar-refractivity contribution in [1.82, 2.24) is 4.90 Å². The normalized spacial score (nSPS) is 12.8. The fourth-order valence-corrected chi connectivity index (χ4v) is 5.19. The zero-order valence-electron chi connectivity index (χ0n) is 23.0. The van der Waals surface area contributed by atoms with Gasteiger partial charge in [-0.3, -0.25) is 4.79 Å². The van der Waals surface area contributed by atoms with E-state index in [1.807, 2.05) is 13.8 Å². The maximum Gasteiger partial charge on any atom is 0.265 e. The first-order chi connectivity index (χ1) is 19.0. The molecule has 0 aliphatic rings. The highest BCUT2D eigenvalue weighted by Gasteiger charge is 2.22. The van der Waals surface area contributed by atoms with Gasteiger partial charge < -0.3 is 30.6 Å². The molecule has 0 saturated heterocycles. The molecule has 3 aromatic carbocycles. The van der Waals surface area contributed by atoms with Gasteiger partial charge in [-0.15, -0.1) is 0 Å². The Morgan fingerprint density at radius 3 is 2.33 bits per heavy atom. The summed E-state index contributed by atoms with van der Waals surface area (Å²) in [5.41, 5.74) is 8.58. The van der Waals surface area contributed by atoms with Gasteiger partial charge in [-0.2, -0.15) is 0 Å². The summed E-state index contributed by atoms with van der Waals surface area (Å²) in [4.78, 5) is 26.1. The van der Waals surface area contributed by atoms with Crippen molar-refractivity contribution in [2.75, 3.05) is 18.1 Å². The van der Waals surface area contributed by atoms with Crippen molar-refractivity contribution in [1.29, 1.82) is 0 Å². The number of sulfone groups is 1. The highest BCUT2D eigenvalue weighted by Crippen LogP contribution is 2.28. The van der Waals surface area contributed by atoms with E-state index in [1.54, 1.807) is 72.8 Å². The third-order valence-corrected chi connectivity index (χ3v) is 7.55. The number of hydrogen-bond acceptors (Lipinski definition) is 7. The molecule has 0 radical (unpaired) electrons. The van der Waals surface area contributed by atoms with Crippen LogP contribution in [0.3, 0.4) is 0 Å². The standard InChI is InChI=1S/C30H37N3O6S/c1-4-6-19-33(30(35)36)28(31)22-11-9-12-24(20-22)39-26(10-5-2)29(34)32-23-17-15-21(16-18-23)25-13-7-8-14-27(25)40(3,37)38/h7-9,11-18,20,26,28H,4-6,10,19,31H2,1-3H3,(H,32,34)(H,35,36)/p-1. The van der Waals surface area contributed by atoms with E-state index in [4.69, 9.17) is 10.5 Å². The van der Waals surface area contributed by atoms with Gasteiger partial charge in [0.2, 0.25) is 0 Å². The number of benzene rings is 3. The Kier molecular flexibility index (Phi) is 10.7. The molecule has 0 aromatic heterocycles. The van der Waals surface area contributed by atoms with Crippen LogP contribution in [0.2, 0.25) is 0 Å². The number of rotatable bonds is 13. The fourth-order valence-electron chi connectivity index (χ4n) is 4.28. The Bertz CT molecular complexity index is 1410. The molecular formula is C30H36N3O6S-. The van der Waals surface area contributed by atoms with Crippen LogP contribution < -0.4 is 20.9 Å². The van der Waals surface area contributed by atoms with Gasteiger partial charge in [-0.25, -0.2) is 8.42 Å². The molecule has 9 nitrogen and oxygen atoms in total. The maximum atomic E-state index is 13.1. The van der Waals surface area contributed by atoms with E-state index in [0.717, 1.165) is 11.3 Å². The quantitative estimate of drug-likeness (QED) is 0.293. The average Bonchev–Trinajstić information content (AvgIpc) is 2.93. The summed E-state index contributed by atoms with van der Waals surface area (Å²) in [5, 5.41) is 14.5. The molecule has 2 atom stereocenters. The van der Waals surface area contributed by atoms with Crippen molar-refractivity contribution in [2.45, 2.75) is 56.7 Å². The first-order valence-electron chi connectivity index (χ1n) is 13.2. The van der Waals surface area contributed by atoms with Crippen molar-refractivity contribution in [3.63, 3.8) is 0 Å². The zero-order chi connectivity index (χ0) is 29.3. The van der Waals surface area contributed by atoms with Crippen LogP contribution in [0.25, 0.3) is 11.1 Å². The summed E-state index contributed by atoms with van der Waals surface area (Å²) < 4.78 is 30.4. The molecule has 0 aliphatic carbocycles. The molecule has 0 aliphatic heterocycles. The Hall–Kier alpha value is -3.89. The maximum absolute atomic E-state index is 13.1. The molecular weight excluding hydrogens is 530 g/mol. The molecule has 10 heteroatoms. The molecule has 2 amide bonds. The Labute approximate surface area is 235 Å². The predicted molar refractivity (Wildman–Crippen MR) is 153 cm³/mol. The van der Waals surface area contributed by atoms with Crippen molar-refractivity contribution < 1.29 is 27.9 Å². The fraction of sp³-hybridized carbons (Fsp3) is 0.333. The molecule has 0 bridgehead atoms. The van der Waals surface area contributed by atoms with Crippen molar-refractivity contribution in [3.8, 4) is 16.9 Å². The smallest absolute Gasteiger partial charge is 0.265 e. The van der Waals surface area contributed by atoms with Gasteiger partial charge in [-0.1, -0.05) is 69.2 Å². The Morgan fingerprint density at radius 2 is 1.70 bits per heavy atom. The summed E-state index contributed by atoms with van der Waals surface area (Å²) in [6.45, 7) is 4.15. The topological polar surface area (TPSA) is 142 Å². The van der Waals surface area contributed by atoms with Gasteiger partial charge in [-0.05, 0) is 54.3 Å². The molecule has 40 heavy (non-hydrogen) atoms. The number of ether oxygens (including phenoxy) is 1. The van der Waals surface area contributed by atoms with Crippen LogP contribution in [-0.2, 0) is 14.6 Å². The second-order valence-corrected chi connectivity index (χ2v) is 11.5. The number of nitrogens with zero attached hydrogens (tertiary/aromatic N) is 1. The van der Waals surface area contributed by atoms with Crippen molar-refractivity contribution >= 4 is 27.5 Å². The number of anilines is 1. The number of nitrogens with one attached hydrogen (secondary N) is 1. The van der Waals surface area contributed by atoms with Gasteiger partial charge in [0.25, 0.3) is 5.91 Å². The van der Waals surface area contributed by atoms with Gasteiger partial charge in [0.05, 0.1) is 4.90 Å². The molecule has 214 valence electrons. The number of carbonyl (C=O) groups is 2. The summed E-state index contributed by atoms with van der Waals surface area (Å²) >= 11 is 0. The number of carbonyl (C=O) groups excluding carboxylic acids is 2. The predicted octanol–water partition coefficient (Wildman–Crippen LogP) is 4.35. The van der Waals surface area contributed by atoms with Crippen LogP contribution in [0.5, 0.6) is 5.75 Å². The lowest BCUT2D eigenvalue weighted by atomic mass is 10.1. The van der Waals surface area contributed by atoms with E-state index in [1.165, 1.54) is 6.26 Å². The number of amides is 2. The van der Waals surface area contributed by atoms with E-state index in [9.17, 15) is 23.1 Å². The minimum atomic E-state index is -3.41. The molecule has 3 aromatic rings. The van der Waals surface area contributed by atoms with Crippen LogP contribution >= 0.6 is 0 Å². The molecule has 3 rings (SSSR count). The molecule has 0 saturated carbocycles. The summed E-state index contributed by atoms with van der Waals surface area (Å²) in [6, 6.07) is 20.4. The van der Waals surface area contributed by atoms with E-state index in [2.05, 4.69) is 5.32 Å². The van der Waals surface area contributed by atoms with Crippen LogP contribution in [0.15, 0.2) is 77.7 Å². The van der Waals surface area contributed by atoms with Gasteiger partial charge in [0, 0.05) is 24.1 Å². The third kappa shape index (κ3) is 8.06. The molecule has 0 fully saturated rings. The SMILES string of the molecule is CCCCN(C(=O)[O-])C(N)c1cccc(OC(CCC)C(=O)Nc2ccc(-c3ccccc3S(C)(=O)=O)cc2)c1. The Balaban J connectivity index is 1.74. The van der Waals surface area contributed by atoms with E-state index in [-0.39, 0.29) is 17.3 Å². The van der Waals surface area contributed by atoms with Gasteiger partial charge >= 0.3 is 0 Å². The van der Waals surface area contributed by atoms with Crippen LogP contribution in [0, 0.1) is 0 Å². The van der Waals surface area contributed by atoms with E-state index >= 15 is 0 Å². The first kappa shape index (κ1) is 30.6. The third-order valence-electron chi connectivity index (χ3n) is 6.39. The lowest BCUT2D eigenvalue weighted by Gasteiger charge is -2.31. The Morgan fingerprint density at radius 1 is 1.00 bits per heavy atom. The summed E-state index contributed by atoms with van der Waals surface area (Å²) in [5.74, 6) is 0.0446. The lowest BCUT2D eigenvalue weighted by Crippen LogP contribution is -2.46. The second kappa shape index (κ2) is 14.0. The highest BCUT2D eigenvalue weighted by molar-refractivity contribution is 7.90. The second-order valence-electron chi connectivity index (χ2n) is 9.56. The highest BCUT2D eigenvalue weighted by atomic mass is 32.2. The van der Waals surface area contributed by atoms with Gasteiger partial charge in [0.1, 0.15) is 18.0 Å². The lowest BCUT2D eigenvalue weighted by molar-refractivity contribution is -0.268. The molecule has 2 unspecified atom stereocenters.